The van der Waals surface area contributed by atoms with Gasteiger partial charge in [-0.1, -0.05) is 25.7 Å². The van der Waals surface area contributed by atoms with Gasteiger partial charge in [-0.05, 0) is 32.2 Å². The first-order chi connectivity index (χ1) is 7.33. The SMILES string of the molecule is NCC1(NCCCCO)CCCCCC1. The van der Waals surface area contributed by atoms with Gasteiger partial charge in [0.15, 0.2) is 0 Å². The van der Waals surface area contributed by atoms with E-state index in [1.807, 2.05) is 0 Å². The van der Waals surface area contributed by atoms with Gasteiger partial charge in [0.05, 0.1) is 0 Å². The summed E-state index contributed by atoms with van der Waals surface area (Å²) in [5, 5.41) is 12.3. The lowest BCUT2D eigenvalue weighted by atomic mass is 9.90. The van der Waals surface area contributed by atoms with Crippen molar-refractivity contribution in [3.63, 3.8) is 0 Å². The maximum Gasteiger partial charge on any atom is 0.0431 e. The maximum atomic E-state index is 8.72. The minimum atomic E-state index is 0.200. The first-order valence-corrected chi connectivity index (χ1v) is 6.39. The maximum absolute atomic E-state index is 8.72. The van der Waals surface area contributed by atoms with Gasteiger partial charge in [0.25, 0.3) is 0 Å². The van der Waals surface area contributed by atoms with Crippen molar-refractivity contribution >= 4 is 0 Å². The fourth-order valence-corrected chi connectivity index (χ4v) is 2.45. The van der Waals surface area contributed by atoms with Crippen LogP contribution in [0.2, 0.25) is 0 Å². The van der Waals surface area contributed by atoms with E-state index >= 15 is 0 Å². The molecule has 0 aliphatic heterocycles. The highest BCUT2D eigenvalue weighted by Crippen LogP contribution is 2.26. The molecule has 90 valence electrons. The van der Waals surface area contributed by atoms with E-state index in [0.29, 0.717) is 6.61 Å². The van der Waals surface area contributed by atoms with Crippen LogP contribution in [-0.4, -0.2) is 30.3 Å². The average Bonchev–Trinajstić information content (AvgIpc) is 2.51. The van der Waals surface area contributed by atoms with Crippen LogP contribution < -0.4 is 11.1 Å². The second kappa shape index (κ2) is 7.20. The second-order valence-electron chi connectivity index (χ2n) is 4.76. The van der Waals surface area contributed by atoms with Crippen molar-refractivity contribution in [2.75, 3.05) is 19.7 Å². The number of nitrogens with two attached hydrogens (primary N) is 1. The highest BCUT2D eigenvalue weighted by atomic mass is 16.2. The molecule has 0 spiro atoms. The van der Waals surface area contributed by atoms with E-state index in [-0.39, 0.29) is 5.54 Å². The molecule has 0 aromatic carbocycles. The normalized spacial score (nSPS) is 21.2. The third-order valence-corrected chi connectivity index (χ3v) is 3.54. The summed E-state index contributed by atoms with van der Waals surface area (Å²) in [6.07, 6.45) is 9.74. The van der Waals surface area contributed by atoms with Crippen LogP contribution in [0.25, 0.3) is 0 Å². The Balaban J connectivity index is 2.29. The Morgan fingerprint density at radius 3 is 2.27 bits per heavy atom. The van der Waals surface area contributed by atoms with Gasteiger partial charge in [-0.15, -0.1) is 0 Å². The molecule has 0 heterocycles. The quantitative estimate of drug-likeness (QED) is 0.463. The van der Waals surface area contributed by atoms with Crippen molar-refractivity contribution in [2.45, 2.75) is 56.9 Å². The summed E-state index contributed by atoms with van der Waals surface area (Å²) in [5.41, 5.74) is 6.11. The minimum absolute atomic E-state index is 0.200. The van der Waals surface area contributed by atoms with Crippen LogP contribution in [0.5, 0.6) is 0 Å². The molecule has 1 fully saturated rings. The monoisotopic (exact) mass is 214 g/mol. The molecular formula is C12H26N2O. The summed E-state index contributed by atoms with van der Waals surface area (Å²) in [7, 11) is 0. The lowest BCUT2D eigenvalue weighted by molar-refractivity contribution is 0.264. The third kappa shape index (κ3) is 4.49. The zero-order chi connectivity index (χ0) is 11.0. The van der Waals surface area contributed by atoms with Crippen molar-refractivity contribution < 1.29 is 5.11 Å². The number of nitrogens with one attached hydrogen (secondary N) is 1. The van der Waals surface area contributed by atoms with E-state index in [1.165, 1.54) is 38.5 Å². The molecule has 0 saturated heterocycles. The molecule has 0 aromatic rings. The Bertz CT molecular complexity index is 154. The summed E-state index contributed by atoms with van der Waals surface area (Å²) >= 11 is 0. The first kappa shape index (κ1) is 12.9. The lowest BCUT2D eigenvalue weighted by Crippen LogP contribution is -2.51. The van der Waals surface area contributed by atoms with Gasteiger partial charge in [0.2, 0.25) is 0 Å². The van der Waals surface area contributed by atoms with E-state index in [2.05, 4.69) is 5.32 Å². The number of hydrogen-bond donors (Lipinski definition) is 3. The fourth-order valence-electron chi connectivity index (χ4n) is 2.45. The van der Waals surface area contributed by atoms with Crippen LogP contribution >= 0.6 is 0 Å². The minimum Gasteiger partial charge on any atom is -0.396 e. The molecule has 0 bridgehead atoms. The molecule has 3 nitrogen and oxygen atoms in total. The van der Waals surface area contributed by atoms with Gasteiger partial charge in [-0.2, -0.15) is 0 Å². The number of unbranched alkanes of at least 4 members (excludes halogenated alkanes) is 1. The third-order valence-electron chi connectivity index (χ3n) is 3.54. The highest BCUT2D eigenvalue weighted by molar-refractivity contribution is 4.90. The number of hydrogen-bond acceptors (Lipinski definition) is 3. The van der Waals surface area contributed by atoms with Crippen LogP contribution in [0.3, 0.4) is 0 Å². The molecule has 0 atom stereocenters. The van der Waals surface area contributed by atoms with Gasteiger partial charge >= 0.3 is 0 Å². The van der Waals surface area contributed by atoms with E-state index in [9.17, 15) is 0 Å². The predicted molar refractivity (Wildman–Crippen MR) is 63.8 cm³/mol. The van der Waals surface area contributed by atoms with E-state index in [1.54, 1.807) is 0 Å². The second-order valence-corrected chi connectivity index (χ2v) is 4.76. The molecule has 1 aliphatic rings. The molecule has 0 radical (unpaired) electrons. The van der Waals surface area contributed by atoms with Gasteiger partial charge in [0.1, 0.15) is 0 Å². The Labute approximate surface area is 93.4 Å². The molecule has 1 aliphatic carbocycles. The van der Waals surface area contributed by atoms with Crippen molar-refractivity contribution in [3.05, 3.63) is 0 Å². The zero-order valence-corrected chi connectivity index (χ0v) is 9.80. The standard InChI is InChI=1S/C12H26N2O/c13-11-12(14-9-5-6-10-15)7-3-1-2-4-8-12/h14-15H,1-11,13H2. The van der Waals surface area contributed by atoms with Crippen LogP contribution in [0.1, 0.15) is 51.4 Å². The summed E-state index contributed by atoms with van der Waals surface area (Å²) in [6, 6.07) is 0. The van der Waals surface area contributed by atoms with E-state index < -0.39 is 0 Å². The summed E-state index contributed by atoms with van der Waals surface area (Å²) in [6.45, 7) is 2.06. The summed E-state index contributed by atoms with van der Waals surface area (Å²) in [5.74, 6) is 0. The molecule has 1 rings (SSSR count). The van der Waals surface area contributed by atoms with Crippen molar-refractivity contribution in [2.24, 2.45) is 5.73 Å². The van der Waals surface area contributed by atoms with E-state index in [4.69, 9.17) is 10.8 Å². The largest absolute Gasteiger partial charge is 0.396 e. The van der Waals surface area contributed by atoms with E-state index in [0.717, 1.165) is 25.9 Å². The Morgan fingerprint density at radius 2 is 1.73 bits per heavy atom. The summed E-state index contributed by atoms with van der Waals surface area (Å²) in [4.78, 5) is 0. The highest BCUT2D eigenvalue weighted by Gasteiger charge is 2.28. The average molecular weight is 214 g/mol. The molecule has 4 N–H and O–H groups in total. The van der Waals surface area contributed by atoms with Crippen LogP contribution in [-0.2, 0) is 0 Å². The Morgan fingerprint density at radius 1 is 1.07 bits per heavy atom. The smallest absolute Gasteiger partial charge is 0.0431 e. The molecule has 15 heavy (non-hydrogen) atoms. The molecule has 3 heteroatoms. The van der Waals surface area contributed by atoms with Crippen LogP contribution in [0, 0.1) is 0 Å². The fraction of sp³-hybridized carbons (Fsp3) is 1.00. The lowest BCUT2D eigenvalue weighted by Gasteiger charge is -2.33. The Hall–Kier alpha value is -0.120. The number of rotatable bonds is 6. The van der Waals surface area contributed by atoms with Crippen molar-refractivity contribution in [3.8, 4) is 0 Å². The first-order valence-electron chi connectivity index (χ1n) is 6.39. The predicted octanol–water partition coefficient (Wildman–Crippen LogP) is 1.40. The zero-order valence-electron chi connectivity index (χ0n) is 9.80. The van der Waals surface area contributed by atoms with Crippen LogP contribution in [0.4, 0.5) is 0 Å². The van der Waals surface area contributed by atoms with Gasteiger partial charge in [0, 0.05) is 18.7 Å². The molecule has 0 unspecified atom stereocenters. The topological polar surface area (TPSA) is 58.3 Å². The molecule has 1 saturated carbocycles. The van der Waals surface area contributed by atoms with Crippen molar-refractivity contribution in [1.29, 1.82) is 0 Å². The van der Waals surface area contributed by atoms with Crippen LogP contribution in [0.15, 0.2) is 0 Å². The van der Waals surface area contributed by atoms with Crippen molar-refractivity contribution in [1.82, 2.24) is 5.32 Å². The molecular weight excluding hydrogens is 188 g/mol. The van der Waals surface area contributed by atoms with Gasteiger partial charge in [-0.25, -0.2) is 0 Å². The Kier molecular flexibility index (Phi) is 6.22. The number of aliphatic hydroxyl groups is 1. The molecule has 0 amide bonds. The van der Waals surface area contributed by atoms with Gasteiger partial charge < -0.3 is 16.2 Å². The number of aliphatic hydroxyl groups excluding tert-OH is 1. The molecule has 0 aromatic heterocycles. The van der Waals surface area contributed by atoms with Gasteiger partial charge in [-0.3, -0.25) is 0 Å². The summed E-state index contributed by atoms with van der Waals surface area (Å²) < 4.78 is 0.